The van der Waals surface area contributed by atoms with Gasteiger partial charge in [-0.3, -0.25) is 0 Å². The van der Waals surface area contributed by atoms with Gasteiger partial charge in [-0.25, -0.2) is 4.98 Å². The van der Waals surface area contributed by atoms with Gasteiger partial charge in [-0.15, -0.1) is 6.42 Å². The molecule has 1 aromatic carbocycles. The molecule has 0 spiro atoms. The molecule has 0 aliphatic carbocycles. The van der Waals surface area contributed by atoms with E-state index >= 15 is 0 Å². The largest absolute Gasteiger partial charge is 0.383 e. The van der Waals surface area contributed by atoms with Crippen LogP contribution in [0.2, 0.25) is 0 Å². The third kappa shape index (κ3) is 2.42. The van der Waals surface area contributed by atoms with E-state index in [0.717, 1.165) is 17.1 Å². The Morgan fingerprint density at radius 3 is 2.65 bits per heavy atom. The first-order valence-corrected chi connectivity index (χ1v) is 6.82. The van der Waals surface area contributed by atoms with E-state index in [4.69, 9.17) is 17.1 Å². The predicted molar refractivity (Wildman–Crippen MR) is 84.5 cm³/mol. The summed E-state index contributed by atoms with van der Waals surface area (Å²) in [5, 5.41) is 0. The number of aryl methyl sites for hydroxylation is 2. The quantitative estimate of drug-likeness (QED) is 0.865. The number of nitrogens with two attached hydrogens (primary N) is 1. The Morgan fingerprint density at radius 1 is 1.35 bits per heavy atom. The molecule has 0 unspecified atom stereocenters. The van der Waals surface area contributed by atoms with Crippen molar-refractivity contribution in [2.45, 2.75) is 40.2 Å². The maximum atomic E-state index is 6.28. The fourth-order valence-electron chi connectivity index (χ4n) is 2.37. The van der Waals surface area contributed by atoms with Crippen LogP contribution in [0.4, 0.5) is 5.82 Å². The molecule has 0 fully saturated rings. The van der Waals surface area contributed by atoms with Crippen LogP contribution in [0.15, 0.2) is 18.2 Å². The molecular formula is C17H21N3. The molecule has 3 heteroatoms. The van der Waals surface area contributed by atoms with Gasteiger partial charge in [0, 0.05) is 11.5 Å². The smallest absolute Gasteiger partial charge is 0.132 e. The van der Waals surface area contributed by atoms with Crippen LogP contribution in [0.3, 0.4) is 0 Å². The Labute approximate surface area is 120 Å². The lowest BCUT2D eigenvalue weighted by atomic mass is 10.0. The van der Waals surface area contributed by atoms with E-state index in [-0.39, 0.29) is 5.92 Å². The molecule has 0 aliphatic heterocycles. The van der Waals surface area contributed by atoms with E-state index in [9.17, 15) is 0 Å². The number of terminal acetylenes is 1. The Bertz CT molecular complexity index is 672. The zero-order valence-corrected chi connectivity index (χ0v) is 12.6. The molecule has 0 bridgehead atoms. The number of hydrogen-bond acceptors (Lipinski definition) is 2. The lowest BCUT2D eigenvalue weighted by Gasteiger charge is -2.08. The van der Waals surface area contributed by atoms with Gasteiger partial charge in [0.2, 0.25) is 0 Å². The van der Waals surface area contributed by atoms with Crippen molar-refractivity contribution in [2.24, 2.45) is 0 Å². The maximum absolute atomic E-state index is 6.28. The Hall–Kier alpha value is -2.21. The normalized spacial score (nSPS) is 10.8. The Balaban J connectivity index is 2.66. The summed E-state index contributed by atoms with van der Waals surface area (Å²) in [6.45, 7) is 8.80. The molecule has 3 nitrogen and oxygen atoms in total. The monoisotopic (exact) mass is 267 g/mol. The molecule has 0 atom stereocenters. The number of benzene rings is 1. The van der Waals surface area contributed by atoms with Gasteiger partial charge < -0.3 is 10.3 Å². The molecule has 2 rings (SSSR count). The Morgan fingerprint density at radius 2 is 2.05 bits per heavy atom. The van der Waals surface area contributed by atoms with Crippen LogP contribution >= 0.6 is 0 Å². The number of rotatable bonds is 3. The fraction of sp³-hybridized carbons (Fsp3) is 0.353. The summed E-state index contributed by atoms with van der Waals surface area (Å²) >= 11 is 0. The lowest BCUT2D eigenvalue weighted by molar-refractivity contribution is 0.691. The molecule has 0 radical (unpaired) electrons. The van der Waals surface area contributed by atoms with Crippen molar-refractivity contribution in [3.63, 3.8) is 0 Å². The molecule has 0 aliphatic rings. The van der Waals surface area contributed by atoms with Crippen LogP contribution in [-0.2, 0) is 6.54 Å². The standard InChI is InChI=1S/C17H21N3/c1-6-9-20-16(18)15(19-17(20)11(2)3)14-10-12(4)7-8-13(14)5/h1,7-8,10-11H,9,18H2,2-5H3. The van der Waals surface area contributed by atoms with Crippen molar-refractivity contribution < 1.29 is 0 Å². The summed E-state index contributed by atoms with van der Waals surface area (Å²) < 4.78 is 1.93. The fourth-order valence-corrected chi connectivity index (χ4v) is 2.37. The number of aromatic nitrogens is 2. The Kier molecular flexibility index (Phi) is 3.85. The summed E-state index contributed by atoms with van der Waals surface area (Å²) in [5.74, 6) is 4.53. The highest BCUT2D eigenvalue weighted by molar-refractivity contribution is 5.74. The van der Waals surface area contributed by atoms with Gasteiger partial charge in [-0.2, -0.15) is 0 Å². The molecule has 104 valence electrons. The molecule has 0 saturated carbocycles. The van der Waals surface area contributed by atoms with Crippen molar-refractivity contribution in [3.8, 4) is 23.6 Å². The van der Waals surface area contributed by atoms with Crippen molar-refractivity contribution in [1.29, 1.82) is 0 Å². The minimum absolute atomic E-state index is 0.282. The molecule has 2 N–H and O–H groups in total. The molecule has 1 heterocycles. The van der Waals surface area contributed by atoms with Crippen LogP contribution in [0.25, 0.3) is 11.3 Å². The second-order valence-electron chi connectivity index (χ2n) is 5.47. The highest BCUT2D eigenvalue weighted by Crippen LogP contribution is 2.31. The van der Waals surface area contributed by atoms with Crippen molar-refractivity contribution in [3.05, 3.63) is 35.2 Å². The van der Waals surface area contributed by atoms with Gasteiger partial charge in [0.25, 0.3) is 0 Å². The van der Waals surface area contributed by atoms with Gasteiger partial charge in [-0.1, -0.05) is 37.5 Å². The van der Waals surface area contributed by atoms with Crippen molar-refractivity contribution in [1.82, 2.24) is 9.55 Å². The number of anilines is 1. The summed E-state index contributed by atoms with van der Waals surface area (Å²) in [4.78, 5) is 4.74. The first-order valence-electron chi connectivity index (χ1n) is 6.82. The number of imidazole rings is 1. The first-order chi connectivity index (χ1) is 9.45. The predicted octanol–water partition coefficient (Wildman–Crippen LogP) is 3.51. The third-order valence-corrected chi connectivity index (χ3v) is 3.45. The molecule has 2 aromatic rings. The van der Waals surface area contributed by atoms with E-state index in [0.29, 0.717) is 12.4 Å². The van der Waals surface area contributed by atoms with Crippen molar-refractivity contribution in [2.75, 3.05) is 5.73 Å². The van der Waals surface area contributed by atoms with Gasteiger partial charge in [0.15, 0.2) is 0 Å². The van der Waals surface area contributed by atoms with Gasteiger partial charge >= 0.3 is 0 Å². The zero-order valence-electron chi connectivity index (χ0n) is 12.6. The van der Waals surface area contributed by atoms with E-state index < -0.39 is 0 Å². The highest BCUT2D eigenvalue weighted by atomic mass is 15.1. The summed E-state index contributed by atoms with van der Waals surface area (Å²) in [6.07, 6.45) is 5.45. The van der Waals surface area contributed by atoms with Crippen LogP contribution in [-0.4, -0.2) is 9.55 Å². The zero-order chi connectivity index (χ0) is 14.9. The molecule has 20 heavy (non-hydrogen) atoms. The molecular weight excluding hydrogens is 246 g/mol. The maximum Gasteiger partial charge on any atom is 0.132 e. The van der Waals surface area contributed by atoms with Crippen LogP contribution in [0.1, 0.15) is 36.7 Å². The lowest BCUT2D eigenvalue weighted by Crippen LogP contribution is -2.07. The third-order valence-electron chi connectivity index (χ3n) is 3.45. The van der Waals surface area contributed by atoms with E-state index in [1.807, 2.05) is 4.57 Å². The molecule has 0 saturated heterocycles. The van der Waals surface area contributed by atoms with Crippen LogP contribution < -0.4 is 5.73 Å². The van der Waals surface area contributed by atoms with Crippen molar-refractivity contribution >= 4 is 5.82 Å². The minimum Gasteiger partial charge on any atom is -0.383 e. The van der Waals surface area contributed by atoms with Crippen LogP contribution in [0.5, 0.6) is 0 Å². The SMILES string of the molecule is C#CCn1c(C(C)C)nc(-c2cc(C)ccc2C)c1N. The molecule has 1 aromatic heterocycles. The topological polar surface area (TPSA) is 43.8 Å². The van der Waals surface area contributed by atoms with E-state index in [1.165, 1.54) is 11.1 Å². The summed E-state index contributed by atoms with van der Waals surface area (Å²) in [6, 6.07) is 6.31. The summed E-state index contributed by atoms with van der Waals surface area (Å²) in [7, 11) is 0. The minimum atomic E-state index is 0.282. The summed E-state index contributed by atoms with van der Waals surface area (Å²) in [5.41, 5.74) is 10.6. The number of nitrogens with zero attached hydrogens (tertiary/aromatic N) is 2. The average molecular weight is 267 g/mol. The van der Waals surface area contributed by atoms with Gasteiger partial charge in [0.1, 0.15) is 17.3 Å². The number of nitrogen functional groups attached to an aromatic ring is 1. The van der Waals surface area contributed by atoms with E-state index in [1.54, 1.807) is 0 Å². The van der Waals surface area contributed by atoms with E-state index in [2.05, 4.69) is 51.8 Å². The first kappa shape index (κ1) is 14.2. The average Bonchev–Trinajstić information content (AvgIpc) is 2.71. The van der Waals surface area contributed by atoms with Gasteiger partial charge in [-0.05, 0) is 25.5 Å². The number of hydrogen-bond donors (Lipinski definition) is 1. The second-order valence-corrected chi connectivity index (χ2v) is 5.47. The highest BCUT2D eigenvalue weighted by Gasteiger charge is 2.18. The second kappa shape index (κ2) is 5.42. The van der Waals surface area contributed by atoms with Crippen LogP contribution in [0, 0.1) is 26.2 Å². The van der Waals surface area contributed by atoms with Gasteiger partial charge in [0.05, 0.1) is 6.54 Å². The molecule has 0 amide bonds.